The lowest BCUT2D eigenvalue weighted by molar-refractivity contribution is -0.141. The molecule has 12 heteroatoms. The second kappa shape index (κ2) is 15.4. The van der Waals surface area contributed by atoms with E-state index in [0.717, 1.165) is 6.07 Å². The third-order valence-electron chi connectivity index (χ3n) is 6.95. The van der Waals surface area contributed by atoms with Crippen LogP contribution >= 0.6 is 0 Å². The van der Waals surface area contributed by atoms with Gasteiger partial charge in [-0.05, 0) is 44.0 Å². The highest BCUT2D eigenvalue weighted by Crippen LogP contribution is 2.10. The fourth-order valence-corrected chi connectivity index (χ4v) is 4.26. The minimum atomic E-state index is -1.44. The molecular formula is C33H36FN5O6. The number of hydrogen-bond donors (Lipinski definition) is 5. The van der Waals surface area contributed by atoms with Gasteiger partial charge in [0.05, 0.1) is 11.6 Å². The molecule has 0 aromatic heterocycles. The predicted molar refractivity (Wildman–Crippen MR) is 164 cm³/mol. The number of hydrogen-bond acceptors (Lipinski definition) is 6. The summed E-state index contributed by atoms with van der Waals surface area (Å²) in [4.78, 5) is 77.2. The Bertz CT molecular complexity index is 1550. The molecule has 0 spiro atoms. The van der Waals surface area contributed by atoms with Gasteiger partial charge in [0.1, 0.15) is 23.4 Å². The van der Waals surface area contributed by atoms with Gasteiger partial charge in [-0.25, -0.2) is 4.39 Å². The summed E-state index contributed by atoms with van der Waals surface area (Å²) < 4.78 is 14.3. The van der Waals surface area contributed by atoms with Gasteiger partial charge < -0.3 is 27.0 Å². The number of carbonyl (C=O) groups is 6. The van der Waals surface area contributed by atoms with E-state index in [1.807, 2.05) is 0 Å². The molecule has 0 saturated heterocycles. The van der Waals surface area contributed by atoms with Gasteiger partial charge >= 0.3 is 0 Å². The van der Waals surface area contributed by atoms with Crippen molar-refractivity contribution in [2.45, 2.75) is 57.3 Å². The first-order chi connectivity index (χ1) is 21.3. The van der Waals surface area contributed by atoms with E-state index in [1.165, 1.54) is 39.0 Å². The number of ketones is 1. The molecule has 11 nitrogen and oxygen atoms in total. The smallest absolute Gasteiger partial charge is 0.290 e. The molecule has 45 heavy (non-hydrogen) atoms. The van der Waals surface area contributed by atoms with E-state index in [-0.39, 0.29) is 18.4 Å². The summed E-state index contributed by atoms with van der Waals surface area (Å²) in [5.41, 5.74) is 5.00. The van der Waals surface area contributed by atoms with Gasteiger partial charge in [0.2, 0.25) is 23.5 Å². The van der Waals surface area contributed by atoms with Crippen LogP contribution in [0.3, 0.4) is 0 Å². The van der Waals surface area contributed by atoms with E-state index in [4.69, 9.17) is 5.73 Å². The van der Waals surface area contributed by atoms with E-state index >= 15 is 0 Å². The van der Waals surface area contributed by atoms with Crippen LogP contribution in [0.5, 0.6) is 0 Å². The number of halogens is 1. The van der Waals surface area contributed by atoms with Gasteiger partial charge in [-0.1, -0.05) is 72.8 Å². The van der Waals surface area contributed by atoms with E-state index in [0.29, 0.717) is 11.1 Å². The van der Waals surface area contributed by atoms with Crippen LogP contribution in [0.15, 0.2) is 84.9 Å². The second-order valence-electron chi connectivity index (χ2n) is 11.0. The number of Topliss-reactive ketones (excluding diaryl/α,β-unsaturated/α-hetero) is 1. The van der Waals surface area contributed by atoms with Crippen LogP contribution in [0.4, 0.5) is 4.39 Å². The van der Waals surface area contributed by atoms with Gasteiger partial charge in [0.15, 0.2) is 0 Å². The molecule has 6 N–H and O–H groups in total. The highest BCUT2D eigenvalue weighted by Gasteiger charge is 2.34. The van der Waals surface area contributed by atoms with Crippen molar-refractivity contribution < 1.29 is 33.2 Å². The van der Waals surface area contributed by atoms with Gasteiger partial charge in [-0.3, -0.25) is 28.8 Å². The molecule has 3 rings (SSSR count). The maximum atomic E-state index is 14.3. The molecule has 0 bridgehead atoms. The summed E-state index contributed by atoms with van der Waals surface area (Å²) in [6, 6.07) is 18.8. The van der Waals surface area contributed by atoms with Crippen LogP contribution in [0, 0.1) is 5.82 Å². The average molecular weight is 618 g/mol. The van der Waals surface area contributed by atoms with Crippen LogP contribution in [0.2, 0.25) is 0 Å². The summed E-state index contributed by atoms with van der Waals surface area (Å²) in [6.07, 6.45) is -0.00254. The van der Waals surface area contributed by atoms with Crippen LogP contribution in [0.25, 0.3) is 0 Å². The lowest BCUT2D eigenvalue weighted by Gasteiger charge is -2.26. The molecular weight excluding hydrogens is 581 g/mol. The number of nitrogens with two attached hydrogens (primary N) is 1. The Labute approximate surface area is 260 Å². The molecule has 5 amide bonds. The first-order valence-electron chi connectivity index (χ1n) is 14.2. The van der Waals surface area contributed by atoms with Crippen LogP contribution < -0.4 is 27.0 Å². The van der Waals surface area contributed by atoms with Gasteiger partial charge in [0, 0.05) is 12.8 Å². The Morgan fingerprint density at radius 3 is 1.71 bits per heavy atom. The molecule has 3 aromatic carbocycles. The van der Waals surface area contributed by atoms with Crippen molar-refractivity contribution in [3.63, 3.8) is 0 Å². The standard InChI is InChI=1S/C33H36FN5O6/c1-20(27(40)31(44)38-26(19-22-14-8-5-9-15-22)30(43)39-33(2,3)32(35)45)36-29(42)25(18-21-12-6-4-7-13-21)37-28(41)23-16-10-11-17-24(23)34/h4-17,20,25-26H,18-19H2,1-3H3,(H2,35,45)(H,36,42)(H,37,41)(H,38,44)(H,39,43)/t20?,25-,26-/m0/s1. The van der Waals surface area contributed by atoms with Crippen LogP contribution in [0.1, 0.15) is 42.3 Å². The first kappa shape index (κ1) is 34.1. The third kappa shape index (κ3) is 9.82. The molecule has 0 aliphatic carbocycles. The Morgan fingerprint density at radius 1 is 0.711 bits per heavy atom. The quantitative estimate of drug-likeness (QED) is 0.171. The normalized spacial score (nSPS) is 13.0. The summed E-state index contributed by atoms with van der Waals surface area (Å²) in [5.74, 6) is -6.19. The highest BCUT2D eigenvalue weighted by molar-refractivity contribution is 6.38. The molecule has 0 aliphatic heterocycles. The zero-order valence-corrected chi connectivity index (χ0v) is 25.1. The number of rotatable bonds is 14. The third-order valence-corrected chi connectivity index (χ3v) is 6.95. The number of primary amides is 1. The Morgan fingerprint density at radius 2 is 1.20 bits per heavy atom. The van der Waals surface area contributed by atoms with E-state index in [2.05, 4.69) is 21.3 Å². The van der Waals surface area contributed by atoms with Gasteiger partial charge in [-0.2, -0.15) is 0 Å². The lowest BCUT2D eigenvalue weighted by Crippen LogP contribution is -2.60. The molecule has 0 radical (unpaired) electrons. The predicted octanol–water partition coefficient (Wildman–Crippen LogP) is 1.35. The van der Waals surface area contributed by atoms with E-state index in [9.17, 15) is 33.2 Å². The molecule has 1 unspecified atom stereocenters. The summed E-state index contributed by atoms with van der Waals surface area (Å²) in [7, 11) is 0. The topological polar surface area (TPSA) is 177 Å². The summed E-state index contributed by atoms with van der Waals surface area (Å²) >= 11 is 0. The minimum absolute atomic E-state index is 0.00887. The number of amides is 5. The fraction of sp³-hybridized carbons (Fsp3) is 0.273. The molecule has 0 fully saturated rings. The largest absolute Gasteiger partial charge is 0.368 e. The lowest BCUT2D eigenvalue weighted by atomic mass is 10.0. The molecule has 3 atom stereocenters. The highest BCUT2D eigenvalue weighted by atomic mass is 19.1. The molecule has 236 valence electrons. The monoisotopic (exact) mass is 617 g/mol. The minimum Gasteiger partial charge on any atom is -0.368 e. The van der Waals surface area contributed by atoms with E-state index in [1.54, 1.807) is 60.7 Å². The SMILES string of the molecule is CC(NC(=O)[C@H](Cc1ccccc1)NC(=O)c1ccccc1F)C(=O)C(=O)N[C@@H](Cc1ccccc1)C(=O)NC(C)(C)C(N)=O. The van der Waals surface area contributed by atoms with Crippen molar-refractivity contribution in [2.24, 2.45) is 5.73 Å². The van der Waals surface area contributed by atoms with Crippen molar-refractivity contribution in [3.8, 4) is 0 Å². The summed E-state index contributed by atoms with van der Waals surface area (Å²) in [5, 5.41) is 9.82. The van der Waals surface area contributed by atoms with Crippen molar-refractivity contribution in [2.75, 3.05) is 0 Å². The van der Waals surface area contributed by atoms with Crippen molar-refractivity contribution in [1.29, 1.82) is 0 Å². The molecule has 0 saturated carbocycles. The second-order valence-corrected chi connectivity index (χ2v) is 11.0. The number of carbonyl (C=O) groups excluding carboxylic acids is 6. The number of benzene rings is 3. The Hall–Kier alpha value is -5.39. The maximum absolute atomic E-state index is 14.3. The first-order valence-corrected chi connectivity index (χ1v) is 14.2. The van der Waals surface area contributed by atoms with Crippen LogP contribution in [-0.4, -0.2) is 59.0 Å². The van der Waals surface area contributed by atoms with Crippen molar-refractivity contribution in [1.82, 2.24) is 21.3 Å². The average Bonchev–Trinajstić information content (AvgIpc) is 3.00. The zero-order valence-electron chi connectivity index (χ0n) is 25.1. The zero-order chi connectivity index (χ0) is 33.1. The van der Waals surface area contributed by atoms with E-state index < -0.39 is 64.8 Å². The Balaban J connectivity index is 1.74. The van der Waals surface area contributed by atoms with Crippen LogP contribution in [-0.2, 0) is 36.8 Å². The molecule has 0 aliphatic rings. The molecule has 3 aromatic rings. The summed E-state index contributed by atoms with van der Waals surface area (Å²) in [6.45, 7) is 4.07. The van der Waals surface area contributed by atoms with Crippen molar-refractivity contribution >= 4 is 35.3 Å². The van der Waals surface area contributed by atoms with Gasteiger partial charge in [-0.15, -0.1) is 0 Å². The maximum Gasteiger partial charge on any atom is 0.290 e. The van der Waals surface area contributed by atoms with Gasteiger partial charge in [0.25, 0.3) is 11.8 Å². The van der Waals surface area contributed by atoms with Crippen molar-refractivity contribution in [3.05, 3.63) is 107 Å². The number of nitrogens with one attached hydrogen (secondary N) is 4. The fourth-order valence-electron chi connectivity index (χ4n) is 4.26. The Kier molecular flexibility index (Phi) is 11.6. The molecule has 0 heterocycles.